The fourth-order valence-electron chi connectivity index (χ4n) is 5.22. The Balaban J connectivity index is 1.84. The number of amides is 1. The highest BCUT2D eigenvalue weighted by molar-refractivity contribution is 5.78. The van der Waals surface area contributed by atoms with E-state index in [9.17, 15) is 18.7 Å². The first-order valence-electron chi connectivity index (χ1n) is 13.7. The van der Waals surface area contributed by atoms with Gasteiger partial charge in [-0.1, -0.05) is 78.1 Å². The lowest BCUT2D eigenvalue weighted by Crippen LogP contribution is -2.54. The Morgan fingerprint density at radius 1 is 1.05 bits per heavy atom. The molecule has 0 bridgehead atoms. The molecular weight excluding hydrogens is 470 g/mol. The summed E-state index contributed by atoms with van der Waals surface area (Å²) in [6, 6.07) is 11.4. The fraction of sp³-hybridized carbons (Fsp3) is 0.581. The fourth-order valence-corrected chi connectivity index (χ4v) is 5.22. The van der Waals surface area contributed by atoms with Crippen LogP contribution in [0.15, 0.2) is 42.5 Å². The number of aliphatic hydroxyl groups is 1. The van der Waals surface area contributed by atoms with Crippen molar-refractivity contribution >= 4 is 5.91 Å². The van der Waals surface area contributed by atoms with Crippen molar-refractivity contribution in [2.75, 3.05) is 6.54 Å². The monoisotopic (exact) mass is 514 g/mol. The van der Waals surface area contributed by atoms with Gasteiger partial charge in [0.1, 0.15) is 11.6 Å². The molecule has 0 heterocycles. The van der Waals surface area contributed by atoms with Gasteiger partial charge in [-0.25, -0.2) is 8.78 Å². The Kier molecular flexibility index (Phi) is 9.87. The molecule has 3 N–H and O–H groups in total. The van der Waals surface area contributed by atoms with Crippen molar-refractivity contribution in [1.29, 1.82) is 0 Å². The topological polar surface area (TPSA) is 61.4 Å². The van der Waals surface area contributed by atoms with Crippen LogP contribution in [0.25, 0.3) is 0 Å². The van der Waals surface area contributed by atoms with Crippen LogP contribution in [-0.4, -0.2) is 29.7 Å². The van der Waals surface area contributed by atoms with Crippen LogP contribution in [0.3, 0.4) is 0 Å². The summed E-state index contributed by atoms with van der Waals surface area (Å²) in [5.74, 6) is -1.74. The normalized spacial score (nSPS) is 18.2. The van der Waals surface area contributed by atoms with Crippen LogP contribution < -0.4 is 10.6 Å². The third-order valence-corrected chi connectivity index (χ3v) is 7.87. The van der Waals surface area contributed by atoms with Gasteiger partial charge in [-0.05, 0) is 59.9 Å². The second-order valence-electron chi connectivity index (χ2n) is 11.8. The molecule has 1 amide bonds. The Morgan fingerprint density at radius 3 is 2.30 bits per heavy atom. The minimum Gasteiger partial charge on any atom is -0.390 e. The molecule has 1 aliphatic rings. The van der Waals surface area contributed by atoms with Crippen molar-refractivity contribution in [2.24, 2.45) is 5.92 Å². The summed E-state index contributed by atoms with van der Waals surface area (Å²) in [7, 11) is 0. The summed E-state index contributed by atoms with van der Waals surface area (Å²) in [6.45, 7) is 10.6. The van der Waals surface area contributed by atoms with Crippen LogP contribution in [0.4, 0.5) is 8.78 Å². The van der Waals surface area contributed by atoms with E-state index < -0.39 is 23.8 Å². The number of nitrogens with one attached hydrogen (secondary N) is 2. The van der Waals surface area contributed by atoms with Crippen LogP contribution in [0, 0.1) is 17.6 Å². The van der Waals surface area contributed by atoms with E-state index in [4.69, 9.17) is 0 Å². The van der Waals surface area contributed by atoms with E-state index in [0.717, 1.165) is 31.7 Å². The molecule has 1 fully saturated rings. The molecule has 2 aromatic carbocycles. The molecule has 204 valence electrons. The van der Waals surface area contributed by atoms with Gasteiger partial charge in [-0.15, -0.1) is 0 Å². The molecule has 37 heavy (non-hydrogen) atoms. The van der Waals surface area contributed by atoms with Crippen molar-refractivity contribution < 1.29 is 18.7 Å². The van der Waals surface area contributed by atoms with Crippen LogP contribution in [0.1, 0.15) is 89.8 Å². The van der Waals surface area contributed by atoms with Gasteiger partial charge in [-0.3, -0.25) is 4.79 Å². The summed E-state index contributed by atoms with van der Waals surface area (Å²) in [6.07, 6.45) is 5.16. The van der Waals surface area contributed by atoms with Crippen molar-refractivity contribution in [3.63, 3.8) is 0 Å². The van der Waals surface area contributed by atoms with Crippen molar-refractivity contribution in [3.05, 3.63) is 70.8 Å². The van der Waals surface area contributed by atoms with E-state index in [2.05, 4.69) is 55.7 Å². The lowest BCUT2D eigenvalue weighted by atomic mass is 9.74. The molecule has 2 aromatic rings. The average Bonchev–Trinajstić information content (AvgIpc) is 2.86. The first kappa shape index (κ1) is 29.2. The van der Waals surface area contributed by atoms with E-state index >= 15 is 0 Å². The maximum atomic E-state index is 13.9. The van der Waals surface area contributed by atoms with Gasteiger partial charge in [0.15, 0.2) is 0 Å². The van der Waals surface area contributed by atoms with Gasteiger partial charge in [0, 0.05) is 24.1 Å². The predicted octanol–water partition coefficient (Wildman–Crippen LogP) is 6.15. The largest absolute Gasteiger partial charge is 0.390 e. The molecule has 1 saturated carbocycles. The van der Waals surface area contributed by atoms with Gasteiger partial charge < -0.3 is 15.7 Å². The maximum Gasteiger partial charge on any atom is 0.223 e. The van der Waals surface area contributed by atoms with Gasteiger partial charge in [0.05, 0.1) is 12.1 Å². The lowest BCUT2D eigenvalue weighted by molar-refractivity contribution is -0.126. The molecule has 3 unspecified atom stereocenters. The van der Waals surface area contributed by atoms with Crippen LogP contribution in [-0.2, 0) is 22.2 Å². The number of benzene rings is 2. The molecule has 0 saturated heterocycles. The van der Waals surface area contributed by atoms with Crippen LogP contribution in [0.2, 0.25) is 0 Å². The average molecular weight is 515 g/mol. The highest BCUT2D eigenvalue weighted by atomic mass is 19.1. The Labute approximate surface area is 221 Å². The molecule has 3 atom stereocenters. The van der Waals surface area contributed by atoms with Crippen molar-refractivity contribution in [3.8, 4) is 0 Å². The number of carbonyl (C=O) groups excluding carboxylic acids is 1. The summed E-state index contributed by atoms with van der Waals surface area (Å²) in [5, 5.41) is 18.0. The van der Waals surface area contributed by atoms with Crippen molar-refractivity contribution in [2.45, 2.75) is 103 Å². The molecule has 0 spiro atoms. The molecule has 3 rings (SSSR count). The minimum atomic E-state index is -0.941. The molecule has 0 aliphatic heterocycles. The minimum absolute atomic E-state index is 0.0248. The zero-order valence-corrected chi connectivity index (χ0v) is 23.0. The molecule has 0 aromatic heterocycles. The number of rotatable bonds is 10. The molecule has 4 nitrogen and oxygen atoms in total. The summed E-state index contributed by atoms with van der Waals surface area (Å²) in [4.78, 5) is 12.7. The number of hydrogen-bond donors (Lipinski definition) is 3. The molecular formula is C31H44F2N2O2. The van der Waals surface area contributed by atoms with Gasteiger partial charge in [0.2, 0.25) is 5.91 Å². The van der Waals surface area contributed by atoms with Gasteiger partial charge in [0.25, 0.3) is 0 Å². The summed E-state index contributed by atoms with van der Waals surface area (Å²) >= 11 is 0. The first-order valence-corrected chi connectivity index (χ1v) is 13.7. The predicted molar refractivity (Wildman–Crippen MR) is 145 cm³/mol. The lowest BCUT2D eigenvalue weighted by Gasteiger charge is -2.41. The zero-order valence-electron chi connectivity index (χ0n) is 23.0. The Morgan fingerprint density at radius 2 is 1.70 bits per heavy atom. The van der Waals surface area contributed by atoms with Gasteiger partial charge in [-0.2, -0.15) is 0 Å². The quantitative estimate of drug-likeness (QED) is 0.357. The number of carbonyl (C=O) groups is 1. The third-order valence-electron chi connectivity index (χ3n) is 7.87. The second kappa shape index (κ2) is 12.5. The maximum absolute atomic E-state index is 13.9. The highest BCUT2D eigenvalue weighted by Gasteiger charge is 2.35. The van der Waals surface area contributed by atoms with Gasteiger partial charge >= 0.3 is 0 Å². The van der Waals surface area contributed by atoms with Crippen LogP contribution >= 0.6 is 0 Å². The van der Waals surface area contributed by atoms with E-state index in [-0.39, 0.29) is 35.7 Å². The molecule has 1 aliphatic carbocycles. The van der Waals surface area contributed by atoms with E-state index in [1.165, 1.54) is 29.7 Å². The summed E-state index contributed by atoms with van der Waals surface area (Å²) in [5.41, 5.74) is 2.65. The highest BCUT2D eigenvalue weighted by Crippen LogP contribution is 2.38. The summed E-state index contributed by atoms with van der Waals surface area (Å²) < 4.78 is 27.7. The third kappa shape index (κ3) is 7.84. The second-order valence-corrected chi connectivity index (χ2v) is 11.8. The SMILES string of the molecule is CCC(C)C(=O)NC(Cc1cc(F)cc(F)c1)C(O)CNC1(c2cccc(C(C)(C)C)c2)CCCCC1. The number of halogens is 2. The van der Waals surface area contributed by atoms with Crippen molar-refractivity contribution in [1.82, 2.24) is 10.6 Å². The van der Waals surface area contributed by atoms with E-state index in [1.54, 1.807) is 0 Å². The Hall–Kier alpha value is -2.31. The number of aliphatic hydroxyl groups excluding tert-OH is 1. The first-order chi connectivity index (χ1) is 17.4. The number of hydrogen-bond acceptors (Lipinski definition) is 3. The molecule has 6 heteroatoms. The van der Waals surface area contributed by atoms with Crippen LogP contribution in [0.5, 0.6) is 0 Å². The van der Waals surface area contributed by atoms with E-state index in [0.29, 0.717) is 12.0 Å². The zero-order chi connectivity index (χ0) is 27.2. The van der Waals surface area contributed by atoms with E-state index in [1.807, 2.05) is 13.8 Å². The standard InChI is InChI=1S/C31H44F2N2O2/c1-6-21(2)29(37)35-27(17-22-15-25(32)19-26(33)16-22)28(36)20-34-31(13-8-7-9-14-31)24-12-10-11-23(18-24)30(3,4)5/h10-12,15-16,18-19,21,27-28,34,36H,6-9,13-14,17,20H2,1-5H3,(H,35,37). The Bertz CT molecular complexity index is 1020. The smallest absolute Gasteiger partial charge is 0.223 e. The molecule has 0 radical (unpaired) electrons.